The van der Waals surface area contributed by atoms with Crippen LogP contribution in [0.1, 0.15) is 30.3 Å². The van der Waals surface area contributed by atoms with E-state index >= 15 is 0 Å². The summed E-state index contributed by atoms with van der Waals surface area (Å²) in [6.45, 7) is 3.80. The zero-order valence-electron chi connectivity index (χ0n) is 15.7. The fraction of sp³-hybridized carbons (Fsp3) is 0.190. The third kappa shape index (κ3) is 3.80. The molecule has 3 aromatic rings. The molecule has 1 aliphatic heterocycles. The van der Waals surface area contributed by atoms with Crippen LogP contribution in [0.3, 0.4) is 0 Å². The third-order valence-electron chi connectivity index (χ3n) is 4.52. The number of fused-ring (bicyclic) bond motifs is 1. The Labute approximate surface area is 183 Å². The average Bonchev–Trinajstić information content (AvgIpc) is 3.30. The second-order valence-corrected chi connectivity index (χ2v) is 9.27. The summed E-state index contributed by atoms with van der Waals surface area (Å²) in [4.78, 5) is 32.2. The Kier molecular flexibility index (Phi) is 5.67. The summed E-state index contributed by atoms with van der Waals surface area (Å²) in [5.41, 5.74) is 1.63. The maximum Gasteiger partial charge on any atom is 0.338 e. The number of rotatable bonds is 4. The van der Waals surface area contributed by atoms with Crippen LogP contribution in [-0.2, 0) is 9.53 Å². The van der Waals surface area contributed by atoms with E-state index in [1.54, 1.807) is 29.8 Å². The number of esters is 1. The number of halogens is 1. The maximum absolute atomic E-state index is 13.3. The van der Waals surface area contributed by atoms with Crippen molar-refractivity contribution in [3.8, 4) is 0 Å². The molecule has 3 heterocycles. The molecule has 1 atom stereocenters. The minimum atomic E-state index is -0.580. The van der Waals surface area contributed by atoms with Gasteiger partial charge in [0.2, 0.25) is 0 Å². The first-order chi connectivity index (χ1) is 14.0. The predicted octanol–water partition coefficient (Wildman–Crippen LogP) is 3.62. The van der Waals surface area contributed by atoms with Gasteiger partial charge in [-0.25, -0.2) is 9.79 Å². The Bertz CT molecular complexity index is 1270. The van der Waals surface area contributed by atoms with Crippen LogP contribution in [-0.4, -0.2) is 17.1 Å². The number of thiophene rings is 1. The molecule has 0 radical (unpaired) electrons. The van der Waals surface area contributed by atoms with E-state index in [4.69, 9.17) is 4.74 Å². The number of hydrogen-bond donors (Lipinski definition) is 0. The van der Waals surface area contributed by atoms with Crippen molar-refractivity contribution >= 4 is 50.6 Å². The van der Waals surface area contributed by atoms with Crippen molar-refractivity contribution in [3.63, 3.8) is 0 Å². The Hall–Kier alpha value is -2.29. The van der Waals surface area contributed by atoms with Crippen molar-refractivity contribution < 1.29 is 9.53 Å². The molecule has 2 aromatic heterocycles. The van der Waals surface area contributed by atoms with Gasteiger partial charge in [0.25, 0.3) is 5.56 Å². The van der Waals surface area contributed by atoms with Crippen LogP contribution >= 0.6 is 38.6 Å². The number of nitrogens with zero attached hydrogens (tertiary/aromatic N) is 2. The molecule has 0 aliphatic carbocycles. The van der Waals surface area contributed by atoms with Crippen molar-refractivity contribution in [1.82, 2.24) is 4.57 Å². The lowest BCUT2D eigenvalue weighted by molar-refractivity contribution is -0.139. The first kappa shape index (κ1) is 20.0. The van der Waals surface area contributed by atoms with Crippen molar-refractivity contribution in [1.29, 1.82) is 0 Å². The van der Waals surface area contributed by atoms with Crippen molar-refractivity contribution in [2.45, 2.75) is 19.9 Å². The summed E-state index contributed by atoms with van der Waals surface area (Å²) >= 11 is 6.34. The maximum atomic E-state index is 13.3. The summed E-state index contributed by atoms with van der Waals surface area (Å²) in [7, 11) is 0. The summed E-state index contributed by atoms with van der Waals surface area (Å²) in [6.07, 6.45) is 1.87. The van der Waals surface area contributed by atoms with E-state index in [0.29, 0.717) is 20.6 Å². The van der Waals surface area contributed by atoms with Gasteiger partial charge in [-0.05, 0) is 49.1 Å². The molecular weight excluding hydrogens is 472 g/mol. The molecule has 5 nitrogen and oxygen atoms in total. The Morgan fingerprint density at radius 3 is 2.72 bits per heavy atom. The second-order valence-electron chi connectivity index (χ2n) is 6.37. The molecule has 0 spiro atoms. The molecule has 148 valence electrons. The molecule has 0 saturated carbocycles. The highest BCUT2D eigenvalue weighted by Gasteiger charge is 2.33. The van der Waals surface area contributed by atoms with Gasteiger partial charge in [-0.1, -0.05) is 45.5 Å². The number of carbonyl (C=O) groups excluding carboxylic acids is 1. The van der Waals surface area contributed by atoms with Crippen molar-refractivity contribution in [3.05, 3.63) is 87.6 Å². The van der Waals surface area contributed by atoms with Gasteiger partial charge in [0.1, 0.15) is 0 Å². The molecule has 0 fully saturated rings. The molecule has 0 saturated heterocycles. The van der Waals surface area contributed by atoms with Gasteiger partial charge in [-0.3, -0.25) is 9.36 Å². The number of benzene rings is 1. The summed E-state index contributed by atoms with van der Waals surface area (Å²) in [6, 6.07) is 10.9. The SMILES string of the molecule is CCOC(=O)C1=C(C)N=c2s/c(=C\c3cccs3)c(=O)n2C1c1ccc(Br)cc1. The molecule has 0 bridgehead atoms. The van der Waals surface area contributed by atoms with Crippen molar-refractivity contribution in [2.75, 3.05) is 6.61 Å². The molecular formula is C21H17BrN2O3S2. The lowest BCUT2D eigenvalue weighted by atomic mass is 9.96. The van der Waals surface area contributed by atoms with Gasteiger partial charge in [0.15, 0.2) is 4.80 Å². The number of carbonyl (C=O) groups is 1. The highest BCUT2D eigenvalue weighted by molar-refractivity contribution is 9.10. The Morgan fingerprint density at radius 1 is 1.31 bits per heavy atom. The van der Waals surface area contributed by atoms with Gasteiger partial charge in [-0.2, -0.15) is 0 Å². The molecule has 4 rings (SSSR count). The van der Waals surface area contributed by atoms with E-state index in [1.165, 1.54) is 11.3 Å². The molecule has 1 aliphatic rings. The number of hydrogen-bond acceptors (Lipinski definition) is 6. The Morgan fingerprint density at radius 2 is 2.07 bits per heavy atom. The van der Waals surface area contributed by atoms with Crippen LogP contribution < -0.4 is 14.9 Å². The highest BCUT2D eigenvalue weighted by atomic mass is 79.9. The summed E-state index contributed by atoms with van der Waals surface area (Å²) in [5.74, 6) is -0.450. The summed E-state index contributed by atoms with van der Waals surface area (Å²) < 4.78 is 8.40. The van der Waals surface area contributed by atoms with Gasteiger partial charge < -0.3 is 4.74 Å². The van der Waals surface area contributed by atoms with Crippen LogP contribution in [0.15, 0.2) is 67.3 Å². The average molecular weight is 489 g/mol. The van der Waals surface area contributed by atoms with Crippen LogP contribution in [0, 0.1) is 0 Å². The van der Waals surface area contributed by atoms with Crippen LogP contribution in [0.4, 0.5) is 0 Å². The van der Waals surface area contributed by atoms with E-state index in [2.05, 4.69) is 20.9 Å². The summed E-state index contributed by atoms with van der Waals surface area (Å²) in [5, 5.41) is 1.97. The first-order valence-corrected chi connectivity index (χ1v) is 11.5. The standard InChI is InChI=1S/C21H17BrN2O3S2/c1-3-27-20(26)17-12(2)23-21-24(18(17)13-6-8-14(22)9-7-13)19(25)16(29-21)11-15-5-4-10-28-15/h4-11,18H,3H2,1-2H3/b16-11-. The van der Waals surface area contributed by atoms with E-state index < -0.39 is 12.0 Å². The van der Waals surface area contributed by atoms with E-state index in [-0.39, 0.29) is 12.2 Å². The minimum absolute atomic E-state index is 0.163. The first-order valence-electron chi connectivity index (χ1n) is 8.98. The molecule has 1 aromatic carbocycles. The van der Waals surface area contributed by atoms with Crippen LogP contribution in [0.2, 0.25) is 0 Å². The van der Waals surface area contributed by atoms with E-state index in [1.807, 2.05) is 47.9 Å². The highest BCUT2D eigenvalue weighted by Crippen LogP contribution is 2.31. The van der Waals surface area contributed by atoms with Gasteiger partial charge in [0.05, 0.1) is 28.5 Å². The van der Waals surface area contributed by atoms with Crippen LogP contribution in [0.25, 0.3) is 6.08 Å². The fourth-order valence-electron chi connectivity index (χ4n) is 3.25. The molecule has 0 amide bonds. The van der Waals surface area contributed by atoms with Crippen LogP contribution in [0.5, 0.6) is 0 Å². The lowest BCUT2D eigenvalue weighted by Gasteiger charge is -2.24. The van der Waals surface area contributed by atoms with Gasteiger partial charge in [0, 0.05) is 9.35 Å². The monoisotopic (exact) mass is 488 g/mol. The number of aromatic nitrogens is 1. The zero-order valence-corrected chi connectivity index (χ0v) is 18.9. The molecule has 1 unspecified atom stereocenters. The second kappa shape index (κ2) is 8.22. The quantitative estimate of drug-likeness (QED) is 0.526. The fourth-order valence-corrected chi connectivity index (χ4v) is 5.29. The van der Waals surface area contributed by atoms with E-state index in [9.17, 15) is 9.59 Å². The minimum Gasteiger partial charge on any atom is -0.463 e. The normalized spacial score (nSPS) is 16.5. The van der Waals surface area contributed by atoms with Gasteiger partial charge >= 0.3 is 5.97 Å². The molecule has 0 N–H and O–H groups in total. The number of allylic oxidation sites excluding steroid dienone is 1. The van der Waals surface area contributed by atoms with Gasteiger partial charge in [-0.15, -0.1) is 11.3 Å². The van der Waals surface area contributed by atoms with E-state index in [0.717, 1.165) is 14.9 Å². The third-order valence-corrected chi connectivity index (χ3v) is 6.85. The molecule has 8 heteroatoms. The lowest BCUT2D eigenvalue weighted by Crippen LogP contribution is -2.39. The topological polar surface area (TPSA) is 60.7 Å². The number of ether oxygens (including phenoxy) is 1. The number of thiazole rings is 1. The predicted molar refractivity (Wildman–Crippen MR) is 119 cm³/mol. The smallest absolute Gasteiger partial charge is 0.338 e. The molecule has 29 heavy (non-hydrogen) atoms. The Balaban J connectivity index is 1.97. The van der Waals surface area contributed by atoms with Crippen molar-refractivity contribution in [2.24, 2.45) is 4.99 Å². The zero-order chi connectivity index (χ0) is 20.5. The largest absolute Gasteiger partial charge is 0.463 e.